The van der Waals surface area contributed by atoms with Gasteiger partial charge < -0.3 is 34.7 Å². The van der Waals surface area contributed by atoms with Gasteiger partial charge in [0, 0.05) is 48.9 Å². The fraction of sp³-hybridized carbons (Fsp3) is 0.707. The molecule has 0 spiro atoms. The maximum Gasteiger partial charge on any atom is 0.408 e. The molecule has 0 radical (unpaired) electrons. The molecule has 3 amide bonds. The molecule has 8 rings (SSSR count). The number of aliphatic carboxylic acids is 1. The van der Waals surface area contributed by atoms with Gasteiger partial charge in [0.1, 0.15) is 40.3 Å². The fourth-order valence-electron chi connectivity index (χ4n) is 16.2. The molecule has 0 saturated heterocycles. The molecule has 5 aliphatic rings. The van der Waals surface area contributed by atoms with Crippen molar-refractivity contribution in [2.45, 2.75) is 183 Å². The number of ether oxygens (including phenoxy) is 3. The van der Waals surface area contributed by atoms with E-state index in [-0.39, 0.29) is 60.1 Å². The van der Waals surface area contributed by atoms with Crippen molar-refractivity contribution < 1.29 is 43.6 Å². The van der Waals surface area contributed by atoms with Crippen molar-refractivity contribution in [2.24, 2.45) is 56.7 Å². The number of imide groups is 1. The van der Waals surface area contributed by atoms with Crippen LogP contribution in [0.2, 0.25) is 0 Å². The topological polar surface area (TPSA) is 223 Å². The average molecular weight is 1040 g/mol. The number of H-pyrrole nitrogens is 1. The lowest BCUT2D eigenvalue weighted by Crippen LogP contribution is -2.68. The zero-order chi connectivity index (χ0) is 54.9. The summed E-state index contributed by atoms with van der Waals surface area (Å²) in [5.41, 5.74) is -2.58. The summed E-state index contributed by atoms with van der Waals surface area (Å²) in [4.78, 5) is 64.9. The van der Waals surface area contributed by atoms with Gasteiger partial charge in [-0.25, -0.2) is 9.78 Å². The lowest BCUT2D eigenvalue weighted by molar-refractivity contribution is -0.268. The second kappa shape index (κ2) is 19.9. The number of amides is 3. The number of nitrogens with zero attached hydrogens (tertiary/aromatic N) is 5. The molecule has 412 valence electrons. The molecule has 2 aromatic heterocycles. The number of carbonyl (C=O) groups is 4. The molecule has 5 N–H and O–H groups in total. The highest BCUT2D eigenvalue weighted by molar-refractivity contribution is 6.02. The van der Waals surface area contributed by atoms with Gasteiger partial charge in [0.25, 0.3) is 5.91 Å². The van der Waals surface area contributed by atoms with E-state index in [4.69, 9.17) is 14.2 Å². The molecule has 1 aromatic carbocycles. The van der Waals surface area contributed by atoms with Crippen molar-refractivity contribution in [1.82, 2.24) is 40.5 Å². The van der Waals surface area contributed by atoms with E-state index in [0.29, 0.717) is 41.3 Å². The summed E-state index contributed by atoms with van der Waals surface area (Å²) in [7, 11) is 3.13. The Labute approximate surface area is 444 Å². The molecule has 2 heterocycles. The molecule has 75 heavy (non-hydrogen) atoms. The number of aromatic amines is 1. The number of fused-ring (bicyclic) bond motifs is 7. The maximum atomic E-state index is 14.9. The zero-order valence-corrected chi connectivity index (χ0v) is 47.0. The highest BCUT2D eigenvalue weighted by Crippen LogP contribution is 2.78. The third-order valence-corrected chi connectivity index (χ3v) is 20.4. The number of aliphatic hydroxyl groups is 1. The smallest absolute Gasteiger partial charge is 0.408 e. The van der Waals surface area contributed by atoms with Crippen molar-refractivity contribution in [3.8, 4) is 11.5 Å². The first-order valence-corrected chi connectivity index (χ1v) is 27.3. The van der Waals surface area contributed by atoms with Crippen molar-refractivity contribution in [3.05, 3.63) is 66.0 Å². The van der Waals surface area contributed by atoms with Crippen LogP contribution in [0.25, 0.3) is 0 Å². The molecule has 17 heteroatoms. The molecule has 5 aliphatic carbocycles. The second-order valence-corrected chi connectivity index (χ2v) is 26.0. The van der Waals surface area contributed by atoms with E-state index in [0.717, 1.165) is 73.8 Å². The van der Waals surface area contributed by atoms with Crippen LogP contribution in [0.3, 0.4) is 0 Å². The zero-order valence-electron chi connectivity index (χ0n) is 47.0. The summed E-state index contributed by atoms with van der Waals surface area (Å²) in [6.07, 6.45) is 12.6. The van der Waals surface area contributed by atoms with E-state index in [1.165, 1.54) is 0 Å². The number of imidazole rings is 1. The molecule has 0 unspecified atom stereocenters. The molecule has 17 nitrogen and oxygen atoms in total. The Morgan fingerprint density at radius 1 is 0.933 bits per heavy atom. The number of benzene rings is 1. The van der Waals surface area contributed by atoms with Gasteiger partial charge in [0.2, 0.25) is 5.91 Å². The highest BCUT2D eigenvalue weighted by atomic mass is 16.6. The summed E-state index contributed by atoms with van der Waals surface area (Å²) in [5.74, 6) is 0.948. The number of aromatic nitrogens is 5. The summed E-state index contributed by atoms with van der Waals surface area (Å²) >= 11 is 0. The van der Waals surface area contributed by atoms with Crippen LogP contribution in [0.1, 0.15) is 157 Å². The minimum absolute atomic E-state index is 0.00449. The number of carboxylic acid groups (broad SMARTS) is 1. The number of nitrogens with one attached hydrogen (secondary N) is 3. The Kier molecular flexibility index (Phi) is 14.9. The molecule has 0 aliphatic heterocycles. The average Bonchev–Trinajstić information content (AvgIpc) is 4.13. The summed E-state index contributed by atoms with van der Waals surface area (Å²) in [5, 5.41) is 39.3. The Balaban J connectivity index is 1.04. The summed E-state index contributed by atoms with van der Waals surface area (Å²) < 4.78 is 18.2. The van der Waals surface area contributed by atoms with Gasteiger partial charge in [0.05, 0.1) is 37.9 Å². The van der Waals surface area contributed by atoms with Crippen LogP contribution < -0.4 is 20.1 Å². The van der Waals surface area contributed by atoms with Crippen molar-refractivity contribution in [1.29, 1.82) is 0 Å². The van der Waals surface area contributed by atoms with Crippen LogP contribution in [0.5, 0.6) is 11.5 Å². The Morgan fingerprint density at radius 2 is 1.67 bits per heavy atom. The molecule has 5 fully saturated rings. The van der Waals surface area contributed by atoms with Gasteiger partial charge in [-0.15, -0.1) is 5.10 Å². The maximum absolute atomic E-state index is 14.9. The molecule has 0 bridgehead atoms. The number of carboxylic acids is 1. The van der Waals surface area contributed by atoms with Crippen LogP contribution in [0.15, 0.2) is 48.9 Å². The Hall–Kier alpha value is -5.29. The summed E-state index contributed by atoms with van der Waals surface area (Å²) in [6, 6.07) is 4.16. The van der Waals surface area contributed by atoms with Crippen LogP contribution >= 0.6 is 0 Å². The van der Waals surface area contributed by atoms with E-state index in [1.54, 1.807) is 84.2 Å². The number of allylic oxidation sites excluding steroid dienone is 1. The quantitative estimate of drug-likeness (QED) is 0.0846. The number of hydrogen-bond donors (Lipinski definition) is 5. The number of methoxy groups -OCH3 is 2. The first-order valence-electron chi connectivity index (χ1n) is 27.3. The van der Waals surface area contributed by atoms with Gasteiger partial charge >= 0.3 is 12.1 Å². The number of alkyl carbamates (subject to hydrolysis) is 1. The largest absolute Gasteiger partial charge is 0.497 e. The monoisotopic (exact) mass is 1040 g/mol. The molecule has 11 atom stereocenters. The van der Waals surface area contributed by atoms with Crippen molar-refractivity contribution >= 4 is 23.9 Å². The van der Waals surface area contributed by atoms with Gasteiger partial charge in [-0.3, -0.25) is 29.3 Å². The van der Waals surface area contributed by atoms with E-state index in [2.05, 4.69) is 79.0 Å². The van der Waals surface area contributed by atoms with Gasteiger partial charge in [-0.1, -0.05) is 58.1 Å². The molecule has 3 aromatic rings. The minimum atomic E-state index is -1.33. The van der Waals surface area contributed by atoms with E-state index >= 15 is 0 Å². The van der Waals surface area contributed by atoms with Crippen LogP contribution in [-0.2, 0) is 44.2 Å². The first-order chi connectivity index (χ1) is 35.0. The minimum Gasteiger partial charge on any atom is -0.497 e. The van der Waals surface area contributed by atoms with Crippen molar-refractivity contribution in [3.63, 3.8) is 0 Å². The molecule has 5 saturated carbocycles. The predicted molar refractivity (Wildman–Crippen MR) is 283 cm³/mol. The highest BCUT2D eigenvalue weighted by Gasteiger charge is 2.73. The van der Waals surface area contributed by atoms with Gasteiger partial charge in [-0.2, -0.15) is 0 Å². The van der Waals surface area contributed by atoms with Gasteiger partial charge in [-0.05, 0) is 158 Å². The SMILES string of the molecule is C=C(C)[C@@H]1CC[C@]2(C(=O)O)CC[C@]3(C)[C@H](CC[C@@H]4[C@@]5(C)CC[C@@](O)(c6cn(CCN(C(=O)[C@H](Cc7ncc[nH]7)NC(=O)OC(C)(C)C)C(=O)C(C)(C)NCc7ccc(OC)cc7OC)nn6)C(C)(C)[C@@H]5CC[C@]43C)[C@@H]12. The normalized spacial score (nSPS) is 32.4. The fourth-order valence-corrected chi connectivity index (χ4v) is 16.2. The van der Waals surface area contributed by atoms with E-state index < -0.39 is 57.5 Å². The number of hydrogen-bond acceptors (Lipinski definition) is 12. The predicted octanol–water partition coefficient (Wildman–Crippen LogP) is 9.01. The van der Waals surface area contributed by atoms with Crippen LogP contribution in [0.4, 0.5) is 4.79 Å². The van der Waals surface area contributed by atoms with Crippen LogP contribution in [-0.4, -0.2) is 102 Å². The van der Waals surface area contributed by atoms with E-state index in [9.17, 15) is 29.4 Å². The molecular formula is C58H86N8O9. The third-order valence-electron chi connectivity index (χ3n) is 20.4. The third kappa shape index (κ3) is 9.57. The number of rotatable bonds is 16. The lowest BCUT2D eigenvalue weighted by atomic mass is 9.31. The molecular weight excluding hydrogens is 953 g/mol. The van der Waals surface area contributed by atoms with Crippen molar-refractivity contribution in [2.75, 3.05) is 20.8 Å². The summed E-state index contributed by atoms with van der Waals surface area (Å²) in [6.45, 7) is 27.1. The van der Waals surface area contributed by atoms with Gasteiger partial charge in [0.15, 0.2) is 0 Å². The first kappa shape index (κ1) is 55.9. The standard InChI is InChI=1S/C58H86N8O9/c1-35(2)38-19-22-57(49(69)70)25-24-55(11)39(46(38)57)17-18-43-54(10)23-26-58(72,52(6,7)42(54)20-21-56(43,55)12)44-34-65(64-63-44)29-30-66(47(67)40(32-45-59-27-28-60-45)62-50(71)75-51(3,4)5)48(68)53(8,9)61-33-36-15-16-37(73-13)31-41(36)74-14/h15-16,27-28,31,34,38-40,42-43,46,61,72H,1,17-26,29-30,32-33H2,2-14H3,(H,59,60)(H,62,71)(H,69,70)/t38-,39+,40-,42-,43+,46+,54-,55+,56+,57-,58+/m0/s1. The lowest BCUT2D eigenvalue weighted by Gasteiger charge is -2.73. The van der Waals surface area contributed by atoms with E-state index in [1.807, 2.05) is 6.07 Å². The number of carbonyl (C=O) groups excluding carboxylic acids is 3. The van der Waals surface area contributed by atoms with Crippen LogP contribution in [0, 0.1) is 56.7 Å². The Morgan fingerprint density at radius 3 is 2.31 bits per heavy atom. The second-order valence-electron chi connectivity index (χ2n) is 26.0. The Bertz CT molecular complexity index is 2640.